The molecule has 31 heavy (non-hydrogen) atoms. The maximum atomic E-state index is 6.29. The van der Waals surface area contributed by atoms with Gasteiger partial charge in [-0.2, -0.15) is 5.10 Å². The molecule has 5 rings (SSSR count). The number of ether oxygens (including phenoxy) is 1. The van der Waals surface area contributed by atoms with Crippen molar-refractivity contribution in [3.05, 3.63) is 72.2 Å². The lowest BCUT2D eigenvalue weighted by Gasteiger charge is -2.10. The van der Waals surface area contributed by atoms with E-state index in [1.54, 1.807) is 7.05 Å². The van der Waals surface area contributed by atoms with Gasteiger partial charge < -0.3 is 10.5 Å². The Morgan fingerprint density at radius 3 is 2.58 bits per heavy atom. The summed E-state index contributed by atoms with van der Waals surface area (Å²) in [6.45, 7) is 0. The molecule has 0 spiro atoms. The molecule has 7 heteroatoms. The molecular weight excluding hydrogens is 388 g/mol. The maximum absolute atomic E-state index is 6.29. The van der Waals surface area contributed by atoms with Crippen LogP contribution in [0.1, 0.15) is 43.0 Å². The third-order valence-corrected chi connectivity index (χ3v) is 5.72. The number of para-hydroxylation sites is 1. The van der Waals surface area contributed by atoms with E-state index in [2.05, 4.69) is 15.0 Å². The Bertz CT molecular complexity index is 1240. The van der Waals surface area contributed by atoms with Crippen molar-refractivity contribution in [2.45, 2.75) is 31.7 Å². The molecule has 4 aromatic rings. The first-order valence-electron chi connectivity index (χ1n) is 10.5. The van der Waals surface area contributed by atoms with Gasteiger partial charge in [0.05, 0.1) is 17.1 Å². The second kappa shape index (κ2) is 8.18. The van der Waals surface area contributed by atoms with Gasteiger partial charge in [0.2, 0.25) is 0 Å². The maximum Gasteiger partial charge on any atom is 0.164 e. The van der Waals surface area contributed by atoms with Crippen molar-refractivity contribution in [1.29, 1.82) is 0 Å². The predicted molar refractivity (Wildman–Crippen MR) is 122 cm³/mol. The van der Waals surface area contributed by atoms with Crippen molar-refractivity contribution < 1.29 is 4.74 Å². The van der Waals surface area contributed by atoms with E-state index in [4.69, 9.17) is 15.6 Å². The molecule has 0 radical (unpaired) electrons. The molecule has 0 bridgehead atoms. The summed E-state index contributed by atoms with van der Waals surface area (Å²) in [5, 5.41) is 5.71. The van der Waals surface area contributed by atoms with Crippen LogP contribution in [0.3, 0.4) is 0 Å². The van der Waals surface area contributed by atoms with E-state index in [0.29, 0.717) is 17.6 Å². The van der Waals surface area contributed by atoms with E-state index in [1.807, 2.05) is 59.3 Å². The van der Waals surface area contributed by atoms with Crippen molar-refractivity contribution in [2.75, 3.05) is 12.8 Å². The number of hydrogen-bond donors (Lipinski definition) is 1. The van der Waals surface area contributed by atoms with Gasteiger partial charge in [-0.25, -0.2) is 14.6 Å². The fourth-order valence-corrected chi connectivity index (χ4v) is 4.27. The minimum absolute atomic E-state index is 0.330. The van der Waals surface area contributed by atoms with E-state index in [-0.39, 0.29) is 0 Å². The number of rotatable bonds is 5. The monoisotopic (exact) mass is 412 g/mol. The number of hydrogen-bond acceptors (Lipinski definition) is 6. The molecule has 1 fully saturated rings. The van der Waals surface area contributed by atoms with Crippen molar-refractivity contribution in [3.63, 3.8) is 0 Å². The largest absolute Gasteiger partial charge is 0.457 e. The molecule has 0 atom stereocenters. The number of aromatic nitrogens is 4. The number of aliphatic imine (C=N–C) groups is 1. The minimum atomic E-state index is 0.330. The summed E-state index contributed by atoms with van der Waals surface area (Å²) in [5.74, 6) is 1.93. The smallest absolute Gasteiger partial charge is 0.164 e. The predicted octanol–water partition coefficient (Wildman–Crippen LogP) is 4.78. The molecule has 1 saturated carbocycles. The van der Waals surface area contributed by atoms with Gasteiger partial charge in [0.15, 0.2) is 5.65 Å². The number of fused-ring (bicyclic) bond motifs is 1. The lowest BCUT2D eigenvalue weighted by Crippen LogP contribution is -2.10. The molecule has 2 N–H and O–H groups in total. The Labute approximate surface area is 180 Å². The molecule has 2 aromatic carbocycles. The SMILES string of the molecule is C/N=C(\c1cccc(Oc2ccccc2)c1)c1nn(C2CCCC2)c2ncnc(N)c12. The summed E-state index contributed by atoms with van der Waals surface area (Å²) < 4.78 is 8.04. The van der Waals surface area contributed by atoms with Crippen LogP contribution >= 0.6 is 0 Å². The Morgan fingerprint density at radius 2 is 1.81 bits per heavy atom. The van der Waals surface area contributed by atoms with Crippen LogP contribution in [0.4, 0.5) is 5.82 Å². The van der Waals surface area contributed by atoms with Crippen LogP contribution in [0.5, 0.6) is 11.5 Å². The van der Waals surface area contributed by atoms with Crippen LogP contribution < -0.4 is 10.5 Å². The minimum Gasteiger partial charge on any atom is -0.457 e. The summed E-state index contributed by atoms with van der Waals surface area (Å²) in [6, 6.07) is 17.9. The topological polar surface area (TPSA) is 91.2 Å². The number of nitrogens with two attached hydrogens (primary N) is 1. The van der Waals surface area contributed by atoms with Crippen molar-refractivity contribution >= 4 is 22.6 Å². The van der Waals surface area contributed by atoms with Gasteiger partial charge in [-0.3, -0.25) is 4.99 Å². The second-order valence-corrected chi connectivity index (χ2v) is 7.70. The van der Waals surface area contributed by atoms with Gasteiger partial charge in [0.25, 0.3) is 0 Å². The summed E-state index contributed by atoms with van der Waals surface area (Å²) in [5.41, 5.74) is 9.40. The zero-order chi connectivity index (χ0) is 21.2. The standard InChI is InChI=1S/C24H24N6O/c1-26-21(16-8-7-13-19(14-16)31-18-11-3-2-4-12-18)22-20-23(25)27-15-28-24(20)30(29-22)17-9-5-6-10-17/h2-4,7-8,11-15,17H,5-6,9-10H2,1H3,(H2,25,27,28)/b26-21+. The highest BCUT2D eigenvalue weighted by Gasteiger charge is 2.26. The van der Waals surface area contributed by atoms with Crippen molar-refractivity contribution in [3.8, 4) is 11.5 Å². The van der Waals surface area contributed by atoms with Crippen LogP contribution in [-0.2, 0) is 0 Å². The average Bonchev–Trinajstić information content (AvgIpc) is 3.44. The first-order valence-corrected chi connectivity index (χ1v) is 10.5. The molecule has 0 saturated heterocycles. The van der Waals surface area contributed by atoms with Gasteiger partial charge in [-0.05, 0) is 37.1 Å². The van der Waals surface area contributed by atoms with Gasteiger partial charge in [0, 0.05) is 12.6 Å². The molecule has 1 aliphatic carbocycles. The quantitative estimate of drug-likeness (QED) is 0.476. The van der Waals surface area contributed by atoms with E-state index in [1.165, 1.54) is 19.2 Å². The second-order valence-electron chi connectivity index (χ2n) is 7.70. The van der Waals surface area contributed by atoms with Gasteiger partial charge in [0.1, 0.15) is 29.3 Å². The number of anilines is 1. The van der Waals surface area contributed by atoms with E-state index < -0.39 is 0 Å². The normalized spacial score (nSPS) is 14.9. The summed E-state index contributed by atoms with van der Waals surface area (Å²) in [4.78, 5) is 13.3. The molecule has 0 aliphatic heterocycles. The third-order valence-electron chi connectivity index (χ3n) is 5.72. The third kappa shape index (κ3) is 3.63. The highest BCUT2D eigenvalue weighted by molar-refractivity contribution is 6.19. The lowest BCUT2D eigenvalue weighted by atomic mass is 10.0. The first-order chi connectivity index (χ1) is 15.2. The number of nitrogens with zero attached hydrogens (tertiary/aromatic N) is 5. The van der Waals surface area contributed by atoms with Gasteiger partial charge in [-0.1, -0.05) is 43.2 Å². The first kappa shape index (κ1) is 19.2. The van der Waals surface area contributed by atoms with E-state index in [0.717, 1.165) is 46.6 Å². The molecule has 0 amide bonds. The molecule has 2 aromatic heterocycles. The highest BCUT2D eigenvalue weighted by atomic mass is 16.5. The fourth-order valence-electron chi connectivity index (χ4n) is 4.27. The zero-order valence-corrected chi connectivity index (χ0v) is 17.4. The van der Waals surface area contributed by atoms with Gasteiger partial charge in [-0.15, -0.1) is 0 Å². The Hall–Kier alpha value is -3.74. The Balaban J connectivity index is 1.59. The van der Waals surface area contributed by atoms with E-state index >= 15 is 0 Å². The molecule has 156 valence electrons. The molecule has 1 aliphatic rings. The van der Waals surface area contributed by atoms with Crippen LogP contribution in [-0.4, -0.2) is 32.5 Å². The average molecular weight is 412 g/mol. The van der Waals surface area contributed by atoms with Gasteiger partial charge >= 0.3 is 0 Å². The molecule has 2 heterocycles. The van der Waals surface area contributed by atoms with Crippen molar-refractivity contribution in [1.82, 2.24) is 19.7 Å². The van der Waals surface area contributed by atoms with Crippen LogP contribution in [0, 0.1) is 0 Å². The summed E-state index contributed by atoms with van der Waals surface area (Å²) in [6.07, 6.45) is 6.11. The summed E-state index contributed by atoms with van der Waals surface area (Å²) in [7, 11) is 1.76. The van der Waals surface area contributed by atoms with E-state index in [9.17, 15) is 0 Å². The Morgan fingerprint density at radius 1 is 1.03 bits per heavy atom. The fraction of sp³-hybridized carbons (Fsp3) is 0.250. The van der Waals surface area contributed by atoms with Crippen LogP contribution in [0.15, 0.2) is 65.9 Å². The number of benzene rings is 2. The zero-order valence-electron chi connectivity index (χ0n) is 17.4. The van der Waals surface area contributed by atoms with Crippen LogP contribution in [0.2, 0.25) is 0 Å². The molecular formula is C24H24N6O. The lowest BCUT2D eigenvalue weighted by molar-refractivity contribution is 0.477. The number of nitrogen functional groups attached to an aromatic ring is 1. The van der Waals surface area contributed by atoms with Crippen LogP contribution in [0.25, 0.3) is 11.0 Å². The molecule has 7 nitrogen and oxygen atoms in total. The Kier molecular flexibility index (Phi) is 5.08. The van der Waals surface area contributed by atoms with Crippen molar-refractivity contribution in [2.24, 2.45) is 4.99 Å². The summed E-state index contributed by atoms with van der Waals surface area (Å²) >= 11 is 0. The highest BCUT2D eigenvalue weighted by Crippen LogP contribution is 2.34. The molecule has 0 unspecified atom stereocenters.